The van der Waals surface area contributed by atoms with Gasteiger partial charge in [-0.15, -0.1) is 13.2 Å². The minimum Gasteiger partial charge on any atom is -0.462 e. The topological polar surface area (TPSA) is 48.4 Å². The van der Waals surface area contributed by atoms with E-state index in [0.29, 0.717) is 6.07 Å². The van der Waals surface area contributed by atoms with Crippen LogP contribution in [0.2, 0.25) is 0 Å². The van der Waals surface area contributed by atoms with Crippen LogP contribution in [-0.2, 0) is 11.4 Å². The Morgan fingerprint density at radius 1 is 1.47 bits per heavy atom. The van der Waals surface area contributed by atoms with Gasteiger partial charge in [-0.1, -0.05) is 0 Å². The molecule has 0 unspecified atom stereocenters. The molecule has 19 heavy (non-hydrogen) atoms. The maximum Gasteiger partial charge on any atom is 0.574 e. The van der Waals surface area contributed by atoms with Gasteiger partial charge in [0, 0.05) is 11.6 Å². The molecule has 1 aromatic rings. The summed E-state index contributed by atoms with van der Waals surface area (Å²) in [5.74, 6) is -1.76. The smallest absolute Gasteiger partial charge is 0.462 e. The zero-order chi connectivity index (χ0) is 14.6. The summed E-state index contributed by atoms with van der Waals surface area (Å²) >= 11 is 1.52. The second-order valence-corrected chi connectivity index (χ2v) is 4.20. The first-order valence-corrected chi connectivity index (χ1v) is 6.04. The highest BCUT2D eigenvalue weighted by molar-refractivity contribution is 14.1. The van der Waals surface area contributed by atoms with Gasteiger partial charge in [0.25, 0.3) is 0 Å². The summed E-state index contributed by atoms with van der Waals surface area (Å²) in [4.78, 5) is 15.0. The first-order valence-electron chi connectivity index (χ1n) is 4.96. The molecule has 0 amide bonds. The van der Waals surface area contributed by atoms with Crippen molar-refractivity contribution in [2.45, 2.75) is 20.0 Å². The average Bonchev–Trinajstić information content (AvgIpc) is 2.26. The molecule has 1 rings (SSSR count). The summed E-state index contributed by atoms with van der Waals surface area (Å²) in [5.41, 5.74) is -0.462. The fraction of sp³-hybridized carbons (Fsp3) is 0.400. The largest absolute Gasteiger partial charge is 0.574 e. The molecular weight excluding hydrogens is 385 g/mol. The van der Waals surface area contributed by atoms with Crippen molar-refractivity contribution in [1.82, 2.24) is 4.98 Å². The third kappa shape index (κ3) is 4.48. The third-order valence-electron chi connectivity index (χ3n) is 1.90. The summed E-state index contributed by atoms with van der Waals surface area (Å²) < 4.78 is 57.2. The van der Waals surface area contributed by atoms with E-state index in [4.69, 9.17) is 0 Å². The molecule has 9 heteroatoms. The molecule has 1 aromatic heterocycles. The van der Waals surface area contributed by atoms with Crippen molar-refractivity contribution in [3.05, 3.63) is 20.9 Å². The number of esters is 1. The molecule has 0 saturated carbocycles. The molecule has 0 atom stereocenters. The second-order valence-electron chi connectivity index (χ2n) is 3.18. The van der Waals surface area contributed by atoms with E-state index < -0.39 is 24.9 Å². The Kier molecular flexibility index (Phi) is 5.32. The van der Waals surface area contributed by atoms with Gasteiger partial charge in [-0.2, -0.15) is 0 Å². The van der Waals surface area contributed by atoms with Crippen molar-refractivity contribution >= 4 is 28.6 Å². The van der Waals surface area contributed by atoms with Crippen molar-refractivity contribution in [1.29, 1.82) is 0 Å². The molecule has 0 fully saturated rings. The highest BCUT2D eigenvalue weighted by Gasteiger charge is 2.33. The second kappa shape index (κ2) is 6.35. The van der Waals surface area contributed by atoms with Gasteiger partial charge in [-0.25, -0.2) is 14.2 Å². The first kappa shape index (κ1) is 15.9. The Labute approximate surface area is 119 Å². The minimum absolute atomic E-state index is 0.0128. The number of aromatic nitrogens is 1. The fourth-order valence-electron chi connectivity index (χ4n) is 1.21. The average molecular weight is 393 g/mol. The number of carbonyl (C=O) groups excluding carboxylic acids is 1. The molecule has 1 heterocycles. The van der Waals surface area contributed by atoms with E-state index in [-0.39, 0.29) is 21.4 Å². The minimum atomic E-state index is -4.95. The van der Waals surface area contributed by atoms with E-state index in [1.54, 1.807) is 0 Å². The Balaban J connectivity index is 3.22. The quantitative estimate of drug-likeness (QED) is 0.341. The zero-order valence-electron chi connectivity index (χ0n) is 9.55. The van der Waals surface area contributed by atoms with Crippen LogP contribution in [0.25, 0.3) is 0 Å². The summed E-state index contributed by atoms with van der Waals surface area (Å²) in [6.07, 6.45) is -4.95. The van der Waals surface area contributed by atoms with E-state index in [2.05, 4.69) is 14.5 Å². The maximum atomic E-state index is 12.8. The Morgan fingerprint density at radius 2 is 2.11 bits per heavy atom. The van der Waals surface area contributed by atoms with Crippen molar-refractivity contribution < 1.29 is 31.8 Å². The number of carbonyl (C=O) groups is 1. The highest BCUT2D eigenvalue weighted by Crippen LogP contribution is 2.26. The lowest BCUT2D eigenvalue weighted by molar-refractivity contribution is -0.276. The first-order chi connectivity index (χ1) is 8.78. The number of hydrogen-bond donors (Lipinski definition) is 0. The SMILES string of the molecule is CCOC(=O)c1cc(OC(F)(F)F)nc(I)c1CF. The summed E-state index contributed by atoms with van der Waals surface area (Å²) in [5, 5.41) is 0. The predicted molar refractivity (Wildman–Crippen MR) is 64.4 cm³/mol. The monoisotopic (exact) mass is 393 g/mol. The number of alkyl halides is 4. The number of hydrogen-bond acceptors (Lipinski definition) is 4. The van der Waals surface area contributed by atoms with Gasteiger partial charge in [0.2, 0.25) is 5.88 Å². The Morgan fingerprint density at radius 3 is 2.58 bits per heavy atom. The van der Waals surface area contributed by atoms with E-state index in [0.717, 1.165) is 0 Å². The molecule has 0 radical (unpaired) electrons. The highest BCUT2D eigenvalue weighted by atomic mass is 127. The molecule has 4 nitrogen and oxygen atoms in total. The van der Waals surface area contributed by atoms with Gasteiger partial charge in [-0.05, 0) is 29.5 Å². The Bertz CT molecular complexity index is 479. The van der Waals surface area contributed by atoms with E-state index in [9.17, 15) is 22.4 Å². The van der Waals surface area contributed by atoms with Crippen LogP contribution in [0.5, 0.6) is 5.88 Å². The van der Waals surface area contributed by atoms with Gasteiger partial charge in [0.1, 0.15) is 10.4 Å². The maximum absolute atomic E-state index is 12.8. The van der Waals surface area contributed by atoms with E-state index >= 15 is 0 Å². The van der Waals surface area contributed by atoms with Gasteiger partial charge in [0.05, 0.1) is 12.2 Å². The predicted octanol–water partition coefficient (Wildman–Crippen LogP) is 3.23. The number of halogens is 5. The van der Waals surface area contributed by atoms with Crippen LogP contribution in [0.1, 0.15) is 22.8 Å². The standard InChI is InChI=1S/C10H8F4INO3/c1-2-18-9(17)5-3-7(19-10(12,13)14)16-8(15)6(5)4-11/h3H,2,4H2,1H3. The Hall–Kier alpha value is -1.13. The lowest BCUT2D eigenvalue weighted by Gasteiger charge is -2.12. The molecule has 106 valence electrons. The molecule has 0 aromatic carbocycles. The fourth-order valence-corrected chi connectivity index (χ4v) is 1.88. The third-order valence-corrected chi connectivity index (χ3v) is 2.79. The molecule has 0 N–H and O–H groups in total. The number of nitrogens with zero attached hydrogens (tertiary/aromatic N) is 1. The number of ether oxygens (including phenoxy) is 2. The van der Waals surface area contributed by atoms with Crippen LogP contribution in [-0.4, -0.2) is 23.9 Å². The van der Waals surface area contributed by atoms with Crippen molar-refractivity contribution in [3.8, 4) is 5.88 Å². The summed E-state index contributed by atoms with van der Waals surface area (Å²) in [7, 11) is 0. The summed E-state index contributed by atoms with van der Waals surface area (Å²) in [6, 6.07) is 0.711. The summed E-state index contributed by atoms with van der Waals surface area (Å²) in [6.45, 7) is 0.483. The molecule has 0 saturated heterocycles. The van der Waals surface area contributed by atoms with Crippen molar-refractivity contribution in [2.24, 2.45) is 0 Å². The normalized spacial score (nSPS) is 11.3. The molecule has 0 spiro atoms. The van der Waals surface area contributed by atoms with Crippen LogP contribution in [0.15, 0.2) is 6.07 Å². The molecule has 0 aliphatic carbocycles. The van der Waals surface area contributed by atoms with Gasteiger partial charge in [0.15, 0.2) is 0 Å². The van der Waals surface area contributed by atoms with Crippen LogP contribution >= 0.6 is 22.6 Å². The van der Waals surface area contributed by atoms with Crippen LogP contribution < -0.4 is 4.74 Å². The molecular formula is C10H8F4INO3. The van der Waals surface area contributed by atoms with Crippen LogP contribution in [0, 0.1) is 3.70 Å². The van der Waals surface area contributed by atoms with Crippen LogP contribution in [0.3, 0.4) is 0 Å². The molecule has 0 bridgehead atoms. The lowest BCUT2D eigenvalue weighted by Crippen LogP contribution is -2.19. The molecule has 0 aliphatic rings. The van der Waals surface area contributed by atoms with Crippen molar-refractivity contribution in [2.75, 3.05) is 6.61 Å². The van der Waals surface area contributed by atoms with E-state index in [1.807, 2.05) is 0 Å². The molecule has 0 aliphatic heterocycles. The van der Waals surface area contributed by atoms with Gasteiger partial charge in [-0.3, -0.25) is 0 Å². The van der Waals surface area contributed by atoms with Gasteiger partial charge < -0.3 is 9.47 Å². The van der Waals surface area contributed by atoms with Gasteiger partial charge >= 0.3 is 12.3 Å². The number of rotatable bonds is 4. The van der Waals surface area contributed by atoms with Crippen LogP contribution in [0.4, 0.5) is 17.6 Å². The van der Waals surface area contributed by atoms with Crippen molar-refractivity contribution in [3.63, 3.8) is 0 Å². The van der Waals surface area contributed by atoms with E-state index in [1.165, 1.54) is 29.5 Å². The zero-order valence-corrected chi connectivity index (χ0v) is 11.7. The number of pyridine rings is 1. The lowest BCUT2D eigenvalue weighted by atomic mass is 10.1.